The van der Waals surface area contributed by atoms with Crippen LogP contribution in [0.2, 0.25) is 0 Å². The third kappa shape index (κ3) is 2.29. The van der Waals surface area contributed by atoms with Crippen LogP contribution in [-0.4, -0.2) is 20.3 Å². The van der Waals surface area contributed by atoms with Crippen LogP contribution in [0.15, 0.2) is 24.3 Å². The van der Waals surface area contributed by atoms with Crippen LogP contribution in [0.5, 0.6) is 0 Å². The molecule has 20 heavy (non-hydrogen) atoms. The second kappa shape index (κ2) is 4.90. The van der Waals surface area contributed by atoms with E-state index in [2.05, 4.69) is 4.18 Å². The highest BCUT2D eigenvalue weighted by Gasteiger charge is 2.27. The Kier molecular flexibility index (Phi) is 3.21. The molecule has 2 aliphatic rings. The van der Waals surface area contributed by atoms with Gasteiger partial charge in [-0.25, -0.2) is 4.21 Å². The Morgan fingerprint density at radius 1 is 1.10 bits per heavy atom. The van der Waals surface area contributed by atoms with Crippen LogP contribution in [0.4, 0.5) is 0 Å². The third-order valence-corrected chi connectivity index (χ3v) is 3.65. The summed E-state index contributed by atoms with van der Waals surface area (Å²) in [5, 5.41) is 0. The Balaban J connectivity index is 2.11. The van der Waals surface area contributed by atoms with Gasteiger partial charge in [0.25, 0.3) is 0 Å². The molecule has 2 unspecified atom stereocenters. The van der Waals surface area contributed by atoms with Crippen molar-refractivity contribution in [2.24, 2.45) is 0 Å². The maximum atomic E-state index is 11.8. The zero-order chi connectivity index (χ0) is 14.3. The van der Waals surface area contributed by atoms with Gasteiger partial charge in [0.05, 0.1) is 11.4 Å². The Morgan fingerprint density at radius 3 is 2.60 bits per heavy atom. The number of allylic oxidation sites excluding steroid dienone is 1. The molecule has 102 valence electrons. The van der Waals surface area contributed by atoms with Crippen molar-refractivity contribution in [3.63, 3.8) is 0 Å². The van der Waals surface area contributed by atoms with E-state index in [0.29, 0.717) is 5.56 Å². The maximum Gasteiger partial charge on any atom is 0.190 e. The number of benzene rings is 1. The Bertz CT molecular complexity index is 702. The van der Waals surface area contributed by atoms with Gasteiger partial charge in [-0.2, -0.15) is 0 Å². The van der Waals surface area contributed by atoms with E-state index in [1.165, 1.54) is 12.2 Å². The van der Waals surface area contributed by atoms with E-state index < -0.39 is 23.2 Å². The number of hydrogen-bond donors (Lipinski definition) is 0. The first-order chi connectivity index (χ1) is 9.54. The van der Waals surface area contributed by atoms with Gasteiger partial charge >= 0.3 is 0 Å². The van der Waals surface area contributed by atoms with Crippen LogP contribution in [0.1, 0.15) is 28.4 Å². The van der Waals surface area contributed by atoms with Crippen LogP contribution in [0.25, 0.3) is 12.2 Å². The van der Waals surface area contributed by atoms with E-state index in [1.54, 1.807) is 18.2 Å². The molecule has 2 aliphatic carbocycles. The highest BCUT2D eigenvalue weighted by Crippen LogP contribution is 2.33. The van der Waals surface area contributed by atoms with Crippen molar-refractivity contribution < 1.29 is 22.5 Å². The van der Waals surface area contributed by atoms with Crippen molar-refractivity contribution in [1.29, 1.82) is 0 Å². The fourth-order valence-electron chi connectivity index (χ4n) is 2.40. The summed E-state index contributed by atoms with van der Waals surface area (Å²) in [5.74, 6) is -0.459. The summed E-state index contributed by atoms with van der Waals surface area (Å²) >= 11 is -2.79. The third-order valence-electron chi connectivity index (χ3n) is 3.30. The SMILES string of the molecule is O=C1C=Cc2cc3c(cc2C1)C(OS(=O)[O-])C(=O)C=C3. The van der Waals surface area contributed by atoms with Gasteiger partial charge in [-0.05, 0) is 40.5 Å². The van der Waals surface area contributed by atoms with E-state index in [4.69, 9.17) is 0 Å². The number of rotatable bonds is 2. The topological polar surface area (TPSA) is 83.5 Å². The van der Waals surface area contributed by atoms with Crippen LogP contribution in [0.3, 0.4) is 0 Å². The molecule has 0 saturated carbocycles. The molecule has 6 heteroatoms. The minimum Gasteiger partial charge on any atom is -0.750 e. The molecule has 2 atom stereocenters. The molecule has 0 fully saturated rings. The Hall–Kier alpha value is -1.89. The molecule has 0 spiro atoms. The summed E-state index contributed by atoms with van der Waals surface area (Å²) in [4.78, 5) is 23.2. The first-order valence-electron chi connectivity index (χ1n) is 5.90. The van der Waals surface area contributed by atoms with Gasteiger partial charge in [0.2, 0.25) is 0 Å². The molecule has 0 bridgehead atoms. The quantitative estimate of drug-likeness (QED) is 0.766. The second-order valence-electron chi connectivity index (χ2n) is 4.57. The van der Waals surface area contributed by atoms with Crippen molar-refractivity contribution in [3.8, 4) is 0 Å². The molecule has 1 aromatic rings. The highest BCUT2D eigenvalue weighted by atomic mass is 32.2. The standard InChI is InChI=1S/C14H10O5S/c15-11-3-1-8-5-9-2-4-13(16)14(19-20(17)18)12(9)7-10(8)6-11/h1-5,7,14H,6H2,(H,17,18)/p-1. The van der Waals surface area contributed by atoms with E-state index in [9.17, 15) is 18.4 Å². The molecule has 0 N–H and O–H groups in total. The number of ketones is 2. The smallest absolute Gasteiger partial charge is 0.190 e. The van der Waals surface area contributed by atoms with Gasteiger partial charge in [0, 0.05) is 6.42 Å². The molecule has 0 radical (unpaired) electrons. The molecule has 0 saturated heterocycles. The minimum atomic E-state index is -2.79. The fraction of sp³-hybridized carbons (Fsp3) is 0.143. The molecular weight excluding hydrogens is 280 g/mol. The van der Waals surface area contributed by atoms with E-state index in [1.807, 2.05) is 6.07 Å². The van der Waals surface area contributed by atoms with Crippen LogP contribution in [0, 0.1) is 0 Å². The minimum absolute atomic E-state index is 0.0278. The molecular formula is C14H9O5S-. The van der Waals surface area contributed by atoms with Crippen molar-refractivity contribution in [1.82, 2.24) is 0 Å². The summed E-state index contributed by atoms with van der Waals surface area (Å²) in [7, 11) is 0. The molecule has 0 heterocycles. The number of carbonyl (C=O) groups excluding carboxylic acids is 2. The summed E-state index contributed by atoms with van der Waals surface area (Å²) in [6, 6.07) is 3.49. The Morgan fingerprint density at radius 2 is 1.85 bits per heavy atom. The molecule has 0 aliphatic heterocycles. The van der Waals surface area contributed by atoms with Gasteiger partial charge in [-0.3, -0.25) is 13.8 Å². The van der Waals surface area contributed by atoms with Crippen molar-refractivity contribution in [2.45, 2.75) is 12.5 Å². The van der Waals surface area contributed by atoms with E-state index in [0.717, 1.165) is 16.7 Å². The lowest BCUT2D eigenvalue weighted by Crippen LogP contribution is -2.20. The average Bonchev–Trinajstić information content (AvgIpc) is 2.40. The summed E-state index contributed by atoms with van der Waals surface area (Å²) < 4.78 is 26.1. The molecule has 1 aromatic carbocycles. The number of carbonyl (C=O) groups is 2. The number of fused-ring (bicyclic) bond motifs is 2. The van der Waals surface area contributed by atoms with Crippen molar-refractivity contribution in [2.75, 3.05) is 0 Å². The maximum absolute atomic E-state index is 11.8. The van der Waals surface area contributed by atoms with Gasteiger partial charge in [-0.15, -0.1) is 0 Å². The van der Waals surface area contributed by atoms with Gasteiger partial charge in [0.1, 0.15) is 0 Å². The summed E-state index contributed by atoms with van der Waals surface area (Å²) in [6.07, 6.45) is 5.21. The monoisotopic (exact) mass is 289 g/mol. The second-order valence-corrected chi connectivity index (χ2v) is 5.17. The normalized spacial score (nSPS) is 21.6. The van der Waals surface area contributed by atoms with Gasteiger partial charge in [0.15, 0.2) is 17.7 Å². The fourth-order valence-corrected chi connectivity index (χ4v) is 2.75. The van der Waals surface area contributed by atoms with Gasteiger partial charge in [-0.1, -0.05) is 18.2 Å². The predicted molar refractivity (Wildman–Crippen MR) is 71.0 cm³/mol. The molecule has 5 nitrogen and oxygen atoms in total. The first kappa shape index (κ1) is 13.1. The van der Waals surface area contributed by atoms with Crippen LogP contribution in [-0.2, 0) is 31.6 Å². The van der Waals surface area contributed by atoms with E-state index in [-0.39, 0.29) is 12.2 Å². The highest BCUT2D eigenvalue weighted by molar-refractivity contribution is 7.74. The molecule has 0 aromatic heterocycles. The summed E-state index contributed by atoms with van der Waals surface area (Å²) in [5.41, 5.74) is 2.86. The van der Waals surface area contributed by atoms with Crippen LogP contribution < -0.4 is 0 Å². The summed E-state index contributed by atoms with van der Waals surface area (Å²) in [6.45, 7) is 0. The van der Waals surface area contributed by atoms with Crippen LogP contribution >= 0.6 is 0 Å². The zero-order valence-electron chi connectivity index (χ0n) is 10.2. The number of hydrogen-bond acceptors (Lipinski definition) is 5. The lowest BCUT2D eigenvalue weighted by atomic mass is 9.86. The van der Waals surface area contributed by atoms with E-state index >= 15 is 0 Å². The lowest BCUT2D eigenvalue weighted by molar-refractivity contribution is -0.121. The lowest BCUT2D eigenvalue weighted by Gasteiger charge is -2.23. The van der Waals surface area contributed by atoms with Crippen molar-refractivity contribution >= 4 is 35.1 Å². The molecule has 0 amide bonds. The van der Waals surface area contributed by atoms with Gasteiger partial charge < -0.3 is 4.55 Å². The van der Waals surface area contributed by atoms with Crippen molar-refractivity contribution in [3.05, 3.63) is 46.5 Å². The Labute approximate surface area is 117 Å². The largest absolute Gasteiger partial charge is 0.750 e. The average molecular weight is 289 g/mol. The predicted octanol–water partition coefficient (Wildman–Crippen LogP) is 1.27. The first-order valence-corrected chi connectivity index (χ1v) is 6.90. The zero-order valence-corrected chi connectivity index (χ0v) is 11.0. The molecule has 3 rings (SSSR count).